The monoisotopic (exact) mass is 311 g/mol. The van der Waals surface area contributed by atoms with E-state index in [1.54, 1.807) is 7.11 Å². The number of methoxy groups -OCH3 is 1. The number of aliphatic carboxylic acids is 1. The molecule has 1 N–H and O–H groups in total. The SMILES string of the molecule is CCC1(C(=O)O)CCN(Cc2ccc(OC)c(Cl)c2)CC1. The molecule has 1 aromatic rings. The zero-order chi connectivity index (χ0) is 15.5. The molecule has 1 aromatic carbocycles. The maximum Gasteiger partial charge on any atom is 0.309 e. The molecule has 0 unspecified atom stereocenters. The zero-order valence-corrected chi connectivity index (χ0v) is 13.3. The van der Waals surface area contributed by atoms with Gasteiger partial charge in [-0.25, -0.2) is 0 Å². The van der Waals surface area contributed by atoms with E-state index in [0.717, 1.165) is 25.2 Å². The largest absolute Gasteiger partial charge is 0.495 e. The molecule has 21 heavy (non-hydrogen) atoms. The maximum absolute atomic E-state index is 11.4. The molecule has 0 spiro atoms. The lowest BCUT2D eigenvalue weighted by Crippen LogP contribution is -2.43. The molecular formula is C16H22ClNO3. The highest BCUT2D eigenvalue weighted by Gasteiger charge is 2.39. The van der Waals surface area contributed by atoms with Crippen molar-refractivity contribution < 1.29 is 14.6 Å². The van der Waals surface area contributed by atoms with E-state index >= 15 is 0 Å². The van der Waals surface area contributed by atoms with Crippen LogP contribution in [0.5, 0.6) is 5.75 Å². The number of benzene rings is 1. The summed E-state index contributed by atoms with van der Waals surface area (Å²) >= 11 is 6.14. The van der Waals surface area contributed by atoms with Crippen molar-refractivity contribution in [1.82, 2.24) is 4.90 Å². The lowest BCUT2D eigenvalue weighted by Gasteiger charge is -2.38. The number of carbonyl (C=O) groups is 1. The standard InChI is InChI=1S/C16H22ClNO3/c1-3-16(15(19)20)6-8-18(9-7-16)11-12-4-5-14(21-2)13(17)10-12/h4-5,10H,3,6-9,11H2,1-2H3,(H,19,20). The molecule has 1 aliphatic rings. The van der Waals surface area contributed by atoms with E-state index in [-0.39, 0.29) is 0 Å². The van der Waals surface area contributed by atoms with Crippen LogP contribution in [-0.2, 0) is 11.3 Å². The van der Waals surface area contributed by atoms with E-state index in [1.165, 1.54) is 0 Å². The van der Waals surface area contributed by atoms with Crippen molar-refractivity contribution in [1.29, 1.82) is 0 Å². The minimum absolute atomic E-state index is 0.534. The fourth-order valence-corrected chi connectivity index (χ4v) is 3.20. The fraction of sp³-hybridized carbons (Fsp3) is 0.562. The molecule has 1 heterocycles. The van der Waals surface area contributed by atoms with Gasteiger partial charge in [-0.15, -0.1) is 0 Å². The van der Waals surface area contributed by atoms with Crippen LogP contribution in [0.25, 0.3) is 0 Å². The number of carboxylic acid groups (broad SMARTS) is 1. The first kappa shape index (κ1) is 16.1. The van der Waals surface area contributed by atoms with Gasteiger partial charge in [0.2, 0.25) is 0 Å². The van der Waals surface area contributed by atoms with E-state index in [1.807, 2.05) is 25.1 Å². The van der Waals surface area contributed by atoms with E-state index in [9.17, 15) is 9.90 Å². The van der Waals surface area contributed by atoms with Crippen LogP contribution >= 0.6 is 11.6 Å². The molecule has 0 atom stereocenters. The van der Waals surface area contributed by atoms with Crippen LogP contribution in [0.1, 0.15) is 31.7 Å². The van der Waals surface area contributed by atoms with Gasteiger partial charge in [-0.1, -0.05) is 24.6 Å². The number of likely N-dealkylation sites (tertiary alicyclic amines) is 1. The first-order valence-corrected chi connectivity index (χ1v) is 7.67. The Morgan fingerprint density at radius 1 is 1.43 bits per heavy atom. The first-order chi connectivity index (χ1) is 10.0. The molecule has 0 amide bonds. The summed E-state index contributed by atoms with van der Waals surface area (Å²) in [6.07, 6.45) is 2.12. The molecule has 1 saturated heterocycles. The van der Waals surface area contributed by atoms with Crippen molar-refractivity contribution in [3.63, 3.8) is 0 Å². The highest BCUT2D eigenvalue weighted by Crippen LogP contribution is 2.35. The van der Waals surface area contributed by atoms with Gasteiger partial charge in [-0.05, 0) is 50.0 Å². The zero-order valence-electron chi connectivity index (χ0n) is 12.6. The van der Waals surface area contributed by atoms with E-state index < -0.39 is 11.4 Å². The molecule has 116 valence electrons. The third-order valence-corrected chi connectivity index (χ3v) is 4.86. The molecule has 0 aromatic heterocycles. The predicted molar refractivity (Wildman–Crippen MR) is 82.9 cm³/mol. The molecule has 0 aliphatic carbocycles. The Bertz CT molecular complexity index is 510. The average Bonchev–Trinajstić information content (AvgIpc) is 2.48. The van der Waals surface area contributed by atoms with Gasteiger partial charge < -0.3 is 9.84 Å². The Hall–Kier alpha value is -1.26. The number of rotatable bonds is 5. The smallest absolute Gasteiger partial charge is 0.309 e. The van der Waals surface area contributed by atoms with Crippen LogP contribution in [0.15, 0.2) is 18.2 Å². The van der Waals surface area contributed by atoms with Crippen LogP contribution in [0.4, 0.5) is 0 Å². The minimum atomic E-state index is -0.655. The molecule has 4 nitrogen and oxygen atoms in total. The molecular weight excluding hydrogens is 290 g/mol. The highest BCUT2D eigenvalue weighted by atomic mass is 35.5. The van der Waals surface area contributed by atoms with Crippen LogP contribution < -0.4 is 4.74 Å². The summed E-state index contributed by atoms with van der Waals surface area (Å²) in [7, 11) is 1.60. The van der Waals surface area contributed by atoms with Gasteiger partial charge >= 0.3 is 5.97 Å². The number of piperidine rings is 1. The summed E-state index contributed by atoms with van der Waals surface area (Å²) < 4.78 is 5.15. The van der Waals surface area contributed by atoms with Crippen molar-refractivity contribution >= 4 is 17.6 Å². The van der Waals surface area contributed by atoms with E-state index in [0.29, 0.717) is 30.0 Å². The Balaban J connectivity index is 1.97. The van der Waals surface area contributed by atoms with Gasteiger partial charge in [0.15, 0.2) is 0 Å². The fourth-order valence-electron chi connectivity index (χ4n) is 2.92. The number of nitrogens with zero attached hydrogens (tertiary/aromatic N) is 1. The number of hydrogen-bond acceptors (Lipinski definition) is 3. The molecule has 5 heteroatoms. The second kappa shape index (κ2) is 6.67. The maximum atomic E-state index is 11.4. The lowest BCUT2D eigenvalue weighted by molar-refractivity contribution is -0.152. The average molecular weight is 312 g/mol. The third kappa shape index (κ3) is 3.50. The molecule has 2 rings (SSSR count). The van der Waals surface area contributed by atoms with Crippen molar-refractivity contribution in [2.75, 3.05) is 20.2 Å². The summed E-state index contributed by atoms with van der Waals surface area (Å²) in [5, 5.41) is 10.0. The Kier molecular flexibility index (Phi) is 5.12. The van der Waals surface area contributed by atoms with Gasteiger partial charge in [0.05, 0.1) is 17.5 Å². The van der Waals surface area contributed by atoms with Crippen LogP contribution in [-0.4, -0.2) is 36.2 Å². The highest BCUT2D eigenvalue weighted by molar-refractivity contribution is 6.32. The quantitative estimate of drug-likeness (QED) is 0.905. The molecule has 1 aliphatic heterocycles. The summed E-state index contributed by atoms with van der Waals surface area (Å²) in [5.41, 5.74) is 0.591. The summed E-state index contributed by atoms with van der Waals surface area (Å²) in [6, 6.07) is 5.79. The van der Waals surface area contributed by atoms with Gasteiger partial charge in [0, 0.05) is 6.54 Å². The van der Waals surface area contributed by atoms with Crippen molar-refractivity contribution in [2.45, 2.75) is 32.7 Å². The van der Waals surface area contributed by atoms with E-state index in [2.05, 4.69) is 4.90 Å². The summed E-state index contributed by atoms with van der Waals surface area (Å²) in [6.45, 7) is 4.38. The molecule has 0 saturated carbocycles. The number of ether oxygens (including phenoxy) is 1. The molecule has 0 radical (unpaired) electrons. The van der Waals surface area contributed by atoms with E-state index in [4.69, 9.17) is 16.3 Å². The third-order valence-electron chi connectivity index (χ3n) is 4.57. The predicted octanol–water partition coefficient (Wildman–Crippen LogP) is 3.43. The Morgan fingerprint density at radius 2 is 2.10 bits per heavy atom. The van der Waals surface area contributed by atoms with Crippen LogP contribution in [0.3, 0.4) is 0 Å². The summed E-state index contributed by atoms with van der Waals surface area (Å²) in [4.78, 5) is 13.7. The Morgan fingerprint density at radius 3 is 2.57 bits per heavy atom. The first-order valence-electron chi connectivity index (χ1n) is 7.29. The number of halogens is 1. The van der Waals surface area contributed by atoms with Crippen LogP contribution in [0.2, 0.25) is 5.02 Å². The van der Waals surface area contributed by atoms with Crippen molar-refractivity contribution in [2.24, 2.45) is 5.41 Å². The number of carboxylic acids is 1. The summed E-state index contributed by atoms with van der Waals surface area (Å²) in [5.74, 6) is 0.0204. The second-order valence-corrected chi connectivity index (χ2v) is 6.09. The van der Waals surface area contributed by atoms with Gasteiger partial charge in [0.25, 0.3) is 0 Å². The second-order valence-electron chi connectivity index (χ2n) is 5.68. The molecule has 0 bridgehead atoms. The van der Waals surface area contributed by atoms with Gasteiger partial charge in [-0.2, -0.15) is 0 Å². The van der Waals surface area contributed by atoms with Gasteiger partial charge in [0.1, 0.15) is 5.75 Å². The van der Waals surface area contributed by atoms with Gasteiger partial charge in [-0.3, -0.25) is 9.69 Å². The number of hydrogen-bond donors (Lipinski definition) is 1. The lowest BCUT2D eigenvalue weighted by atomic mass is 9.76. The normalized spacial score (nSPS) is 18.4. The van der Waals surface area contributed by atoms with Crippen LogP contribution in [0, 0.1) is 5.41 Å². The Labute approximate surface area is 130 Å². The topological polar surface area (TPSA) is 49.8 Å². The molecule has 1 fully saturated rings. The van der Waals surface area contributed by atoms with Crippen molar-refractivity contribution in [3.05, 3.63) is 28.8 Å². The minimum Gasteiger partial charge on any atom is -0.495 e. The van der Waals surface area contributed by atoms with Crippen molar-refractivity contribution in [3.8, 4) is 5.75 Å².